The number of quaternary nitrogens is 1. The number of rotatable bonds is 7. The van der Waals surface area contributed by atoms with Gasteiger partial charge in [-0.3, -0.25) is 4.79 Å². The van der Waals surface area contributed by atoms with Gasteiger partial charge in [0.15, 0.2) is 6.17 Å². The van der Waals surface area contributed by atoms with Crippen molar-refractivity contribution in [1.82, 2.24) is 5.32 Å². The number of amides is 1. The predicted octanol–water partition coefficient (Wildman–Crippen LogP) is 2.13. The average Bonchev–Trinajstić information content (AvgIpc) is 2.33. The van der Waals surface area contributed by atoms with Crippen molar-refractivity contribution in [2.45, 2.75) is 46.7 Å². The van der Waals surface area contributed by atoms with Crippen molar-refractivity contribution in [2.24, 2.45) is 5.73 Å². The number of nitrogens with one attached hydrogen (secondary N) is 1. The van der Waals surface area contributed by atoms with Crippen LogP contribution in [0.15, 0.2) is 23.4 Å². The van der Waals surface area contributed by atoms with Gasteiger partial charge in [-0.1, -0.05) is 26.0 Å². The highest BCUT2D eigenvalue weighted by atomic mass is 16.2. The molecular weight excluding hydrogens is 238 g/mol. The fraction of sp³-hybridized carbons (Fsp3) is 0.667. The van der Waals surface area contributed by atoms with E-state index in [1.54, 1.807) is 0 Å². The standard InChI is InChI=1S/C15H29N3O/c1-7-10-13(16)11-18(5,6)14(9-3)17-15(19)12(4)8-2/h8,10,14H,7,9,11,16H2,1-6H3/p+1/b12-8+,13-10-. The molecule has 0 radical (unpaired) electrons. The lowest BCUT2D eigenvalue weighted by molar-refractivity contribution is -0.913. The van der Waals surface area contributed by atoms with Gasteiger partial charge in [0.25, 0.3) is 5.91 Å². The van der Waals surface area contributed by atoms with E-state index in [4.69, 9.17) is 5.73 Å². The molecule has 0 fully saturated rings. The topological polar surface area (TPSA) is 55.1 Å². The number of likely N-dealkylation sites (N-methyl/N-ethyl adjacent to an activating group) is 1. The molecule has 0 rings (SSSR count). The molecule has 0 aliphatic heterocycles. The zero-order valence-electron chi connectivity index (χ0n) is 13.3. The normalized spacial score (nSPS) is 15.3. The predicted molar refractivity (Wildman–Crippen MR) is 81.2 cm³/mol. The van der Waals surface area contributed by atoms with Crippen LogP contribution in [0.5, 0.6) is 0 Å². The summed E-state index contributed by atoms with van der Waals surface area (Å²) >= 11 is 0. The van der Waals surface area contributed by atoms with Crippen LogP contribution in [0.25, 0.3) is 0 Å². The Balaban J connectivity index is 4.83. The van der Waals surface area contributed by atoms with Crippen LogP contribution in [-0.4, -0.2) is 37.2 Å². The Morgan fingerprint density at radius 2 is 1.95 bits per heavy atom. The first-order valence-corrected chi connectivity index (χ1v) is 6.99. The Bertz CT molecular complexity index is 356. The molecule has 0 saturated carbocycles. The van der Waals surface area contributed by atoms with Gasteiger partial charge in [0.1, 0.15) is 6.54 Å². The van der Waals surface area contributed by atoms with Crippen LogP contribution in [0.3, 0.4) is 0 Å². The third kappa shape index (κ3) is 5.92. The lowest BCUT2D eigenvalue weighted by Gasteiger charge is -2.38. The summed E-state index contributed by atoms with van der Waals surface area (Å²) in [4.78, 5) is 12.0. The van der Waals surface area contributed by atoms with Crippen LogP contribution in [0.1, 0.15) is 40.5 Å². The second-order valence-corrected chi connectivity index (χ2v) is 5.49. The molecule has 0 aromatic heterocycles. The first-order chi connectivity index (χ1) is 8.78. The maximum atomic E-state index is 12.0. The van der Waals surface area contributed by atoms with Crippen molar-refractivity contribution < 1.29 is 9.28 Å². The van der Waals surface area contributed by atoms with Crippen LogP contribution in [0.2, 0.25) is 0 Å². The Kier molecular flexibility index (Phi) is 7.45. The Morgan fingerprint density at radius 1 is 1.37 bits per heavy atom. The van der Waals surface area contributed by atoms with E-state index in [0.717, 1.165) is 30.7 Å². The Morgan fingerprint density at radius 3 is 2.37 bits per heavy atom. The van der Waals surface area contributed by atoms with E-state index in [-0.39, 0.29) is 12.1 Å². The average molecular weight is 268 g/mol. The molecule has 0 aromatic carbocycles. The SMILES string of the molecule is C/C=C(\C)C(=O)NC(CC)[N+](C)(C)C/C(N)=C/CC. The lowest BCUT2D eigenvalue weighted by Crippen LogP contribution is -2.58. The van der Waals surface area contributed by atoms with Gasteiger partial charge in [0, 0.05) is 12.0 Å². The van der Waals surface area contributed by atoms with E-state index < -0.39 is 0 Å². The molecule has 0 aliphatic rings. The van der Waals surface area contributed by atoms with Crippen LogP contribution < -0.4 is 11.1 Å². The molecular formula is C15H30N3O+. The van der Waals surface area contributed by atoms with Gasteiger partial charge in [-0.15, -0.1) is 0 Å². The fourth-order valence-corrected chi connectivity index (χ4v) is 2.07. The molecule has 1 amide bonds. The summed E-state index contributed by atoms with van der Waals surface area (Å²) in [5.41, 5.74) is 7.62. The summed E-state index contributed by atoms with van der Waals surface area (Å²) < 4.78 is 0.654. The number of carbonyl (C=O) groups excluding carboxylic acids is 1. The first-order valence-electron chi connectivity index (χ1n) is 6.99. The third-order valence-electron chi connectivity index (χ3n) is 3.38. The van der Waals surface area contributed by atoms with Crippen LogP contribution in [0, 0.1) is 0 Å². The maximum absolute atomic E-state index is 12.0. The van der Waals surface area contributed by atoms with Gasteiger partial charge in [-0.25, -0.2) is 0 Å². The minimum Gasteiger partial charge on any atom is -0.398 e. The summed E-state index contributed by atoms with van der Waals surface area (Å²) in [5.74, 6) is -0.00130. The molecule has 1 atom stereocenters. The third-order valence-corrected chi connectivity index (χ3v) is 3.38. The van der Waals surface area contributed by atoms with Crippen molar-refractivity contribution >= 4 is 5.91 Å². The highest BCUT2D eigenvalue weighted by Crippen LogP contribution is 2.11. The van der Waals surface area contributed by atoms with Gasteiger partial charge in [0.05, 0.1) is 19.8 Å². The van der Waals surface area contributed by atoms with Crippen LogP contribution >= 0.6 is 0 Å². The van der Waals surface area contributed by atoms with Crippen molar-refractivity contribution in [3.8, 4) is 0 Å². The quantitative estimate of drug-likeness (QED) is 0.422. The fourth-order valence-electron chi connectivity index (χ4n) is 2.07. The summed E-state index contributed by atoms with van der Waals surface area (Å²) in [6, 6.07) is 0. The molecule has 0 bridgehead atoms. The van der Waals surface area contributed by atoms with E-state index in [0.29, 0.717) is 4.48 Å². The minimum absolute atomic E-state index is 0.00130. The zero-order chi connectivity index (χ0) is 15.1. The van der Waals surface area contributed by atoms with Crippen molar-refractivity contribution in [3.63, 3.8) is 0 Å². The summed E-state index contributed by atoms with van der Waals surface area (Å²) in [6.45, 7) is 8.59. The van der Waals surface area contributed by atoms with Crippen molar-refractivity contribution in [3.05, 3.63) is 23.4 Å². The molecule has 0 aliphatic carbocycles. The number of hydrogen-bond donors (Lipinski definition) is 2. The molecule has 1 unspecified atom stereocenters. The summed E-state index contributed by atoms with van der Waals surface area (Å²) in [6.07, 6.45) is 5.73. The minimum atomic E-state index is -0.00130. The van der Waals surface area contributed by atoms with Crippen LogP contribution in [0.4, 0.5) is 0 Å². The molecule has 0 heterocycles. The van der Waals surface area contributed by atoms with Gasteiger partial charge in [-0.2, -0.15) is 0 Å². The van der Waals surface area contributed by atoms with Crippen molar-refractivity contribution in [2.75, 3.05) is 20.6 Å². The van der Waals surface area contributed by atoms with E-state index in [2.05, 4.69) is 33.3 Å². The number of nitrogens with zero attached hydrogens (tertiary/aromatic N) is 1. The van der Waals surface area contributed by atoms with E-state index in [9.17, 15) is 4.79 Å². The highest BCUT2D eigenvalue weighted by Gasteiger charge is 2.28. The van der Waals surface area contributed by atoms with Gasteiger partial charge in [-0.05, 0) is 20.3 Å². The summed E-state index contributed by atoms with van der Waals surface area (Å²) in [7, 11) is 4.19. The van der Waals surface area contributed by atoms with Crippen molar-refractivity contribution in [1.29, 1.82) is 0 Å². The smallest absolute Gasteiger partial charge is 0.251 e. The first kappa shape index (κ1) is 17.7. The number of nitrogens with two attached hydrogens (primary N) is 1. The van der Waals surface area contributed by atoms with Gasteiger partial charge < -0.3 is 15.5 Å². The zero-order valence-corrected chi connectivity index (χ0v) is 13.3. The molecule has 0 spiro atoms. The van der Waals surface area contributed by atoms with Gasteiger partial charge >= 0.3 is 0 Å². The van der Waals surface area contributed by atoms with Gasteiger partial charge in [0.2, 0.25) is 0 Å². The molecule has 110 valence electrons. The second-order valence-electron chi connectivity index (χ2n) is 5.49. The molecule has 19 heavy (non-hydrogen) atoms. The largest absolute Gasteiger partial charge is 0.398 e. The molecule has 0 aromatic rings. The number of hydrogen-bond acceptors (Lipinski definition) is 2. The number of allylic oxidation sites excluding steroid dienone is 2. The van der Waals surface area contributed by atoms with E-state index in [1.165, 1.54) is 0 Å². The van der Waals surface area contributed by atoms with E-state index >= 15 is 0 Å². The van der Waals surface area contributed by atoms with Crippen LogP contribution in [-0.2, 0) is 4.79 Å². The lowest BCUT2D eigenvalue weighted by atomic mass is 10.2. The monoisotopic (exact) mass is 268 g/mol. The second kappa shape index (κ2) is 8.00. The molecule has 3 N–H and O–H groups in total. The Hall–Kier alpha value is -1.29. The molecule has 0 saturated heterocycles. The summed E-state index contributed by atoms with van der Waals surface area (Å²) in [5, 5.41) is 3.09. The number of carbonyl (C=O) groups is 1. The molecule has 4 nitrogen and oxygen atoms in total. The highest BCUT2D eigenvalue weighted by molar-refractivity contribution is 5.92. The Labute approximate surface area is 117 Å². The maximum Gasteiger partial charge on any atom is 0.251 e. The molecule has 4 heteroatoms. The van der Waals surface area contributed by atoms with E-state index in [1.807, 2.05) is 26.0 Å².